The van der Waals surface area contributed by atoms with Crippen LogP contribution in [0.5, 0.6) is 11.5 Å². The molecule has 4 nitrogen and oxygen atoms in total. The van der Waals surface area contributed by atoms with Gasteiger partial charge in [-0.1, -0.05) is 26.8 Å². The molecule has 0 spiro atoms. The van der Waals surface area contributed by atoms with Gasteiger partial charge in [0.05, 0.1) is 19.3 Å². The Morgan fingerprint density at radius 3 is 2.60 bits per heavy atom. The van der Waals surface area contributed by atoms with Gasteiger partial charge in [-0.25, -0.2) is 0 Å². The largest absolute Gasteiger partial charge is 0.490 e. The van der Waals surface area contributed by atoms with Gasteiger partial charge in [-0.05, 0) is 17.7 Å². The zero-order chi connectivity index (χ0) is 14.6. The van der Waals surface area contributed by atoms with Crippen molar-refractivity contribution in [1.29, 1.82) is 0 Å². The van der Waals surface area contributed by atoms with Gasteiger partial charge in [-0.15, -0.1) is 0 Å². The minimum absolute atomic E-state index is 0.108. The van der Waals surface area contributed by atoms with Gasteiger partial charge in [0.25, 0.3) is 0 Å². The van der Waals surface area contributed by atoms with E-state index >= 15 is 0 Å². The Morgan fingerprint density at radius 2 is 1.95 bits per heavy atom. The van der Waals surface area contributed by atoms with Crippen LogP contribution in [-0.4, -0.2) is 23.7 Å². The first-order valence-electron chi connectivity index (χ1n) is 6.99. The van der Waals surface area contributed by atoms with E-state index in [0.717, 1.165) is 29.2 Å². The van der Waals surface area contributed by atoms with Crippen LogP contribution in [0.4, 0.5) is 0 Å². The van der Waals surface area contributed by atoms with Crippen LogP contribution in [0.25, 0.3) is 0 Å². The van der Waals surface area contributed by atoms with Gasteiger partial charge >= 0.3 is 0 Å². The molecule has 1 aliphatic rings. The summed E-state index contributed by atoms with van der Waals surface area (Å²) in [6, 6.07) is 6.17. The molecule has 20 heavy (non-hydrogen) atoms. The van der Waals surface area contributed by atoms with E-state index in [4.69, 9.17) is 15.3 Å². The predicted octanol–water partition coefficient (Wildman–Crippen LogP) is 2.88. The summed E-state index contributed by atoms with van der Waals surface area (Å²) in [5, 5.41) is 0. The zero-order valence-corrected chi connectivity index (χ0v) is 13.3. The minimum Gasteiger partial charge on any atom is -0.490 e. The number of hydrazine groups is 1. The fourth-order valence-corrected chi connectivity index (χ4v) is 2.93. The molecule has 0 saturated heterocycles. The highest BCUT2D eigenvalue weighted by Crippen LogP contribution is 2.34. The molecular weight excluding hydrogens is 272 g/mol. The number of thioether (sulfide) groups is 1. The Balaban J connectivity index is 2.12. The number of fused-ring (bicyclic) bond motifs is 1. The summed E-state index contributed by atoms with van der Waals surface area (Å²) < 4.78 is 11.6. The molecule has 2 rings (SSSR count). The number of ether oxygens (including phenoxy) is 2. The highest BCUT2D eigenvalue weighted by molar-refractivity contribution is 8.00. The molecule has 112 valence electrons. The van der Waals surface area contributed by atoms with Crippen LogP contribution < -0.4 is 20.7 Å². The van der Waals surface area contributed by atoms with Gasteiger partial charge in [-0.2, -0.15) is 11.8 Å². The average Bonchev–Trinajstić information content (AvgIpc) is 2.62. The molecule has 5 heteroatoms. The molecule has 1 unspecified atom stereocenters. The Bertz CT molecular complexity index is 446. The maximum Gasteiger partial charge on any atom is 0.161 e. The maximum atomic E-state index is 5.73. The van der Waals surface area contributed by atoms with Gasteiger partial charge in [0, 0.05) is 16.9 Å². The third-order valence-electron chi connectivity index (χ3n) is 3.06. The van der Waals surface area contributed by atoms with E-state index in [-0.39, 0.29) is 10.8 Å². The first-order chi connectivity index (χ1) is 9.49. The van der Waals surface area contributed by atoms with Crippen LogP contribution in [0.3, 0.4) is 0 Å². The van der Waals surface area contributed by atoms with Crippen molar-refractivity contribution in [3.63, 3.8) is 0 Å². The Hall–Kier alpha value is -0.910. The second kappa shape index (κ2) is 6.70. The van der Waals surface area contributed by atoms with E-state index in [9.17, 15) is 0 Å². The van der Waals surface area contributed by atoms with Crippen molar-refractivity contribution in [2.75, 3.05) is 19.0 Å². The third-order valence-corrected chi connectivity index (χ3v) is 4.42. The van der Waals surface area contributed by atoms with Crippen molar-refractivity contribution in [2.24, 2.45) is 5.84 Å². The second-order valence-corrected chi connectivity index (χ2v) is 7.75. The normalized spacial score (nSPS) is 16.6. The number of hydrogen-bond acceptors (Lipinski definition) is 5. The van der Waals surface area contributed by atoms with E-state index in [1.54, 1.807) is 0 Å². The van der Waals surface area contributed by atoms with Crippen molar-refractivity contribution in [3.05, 3.63) is 23.8 Å². The molecule has 0 saturated carbocycles. The number of hydrogen-bond donors (Lipinski definition) is 2. The van der Waals surface area contributed by atoms with Crippen LogP contribution in [0.2, 0.25) is 0 Å². The molecule has 0 aromatic heterocycles. The molecule has 0 aliphatic carbocycles. The standard InChI is InChI=1S/C15H24N2O2S/c1-15(2,3)20-10-12(17-16)11-5-6-13-14(9-11)19-8-4-7-18-13/h5-6,9,12,17H,4,7-8,10,16H2,1-3H3. The lowest BCUT2D eigenvalue weighted by Crippen LogP contribution is -2.30. The van der Waals surface area contributed by atoms with Crippen molar-refractivity contribution in [1.82, 2.24) is 5.43 Å². The summed E-state index contributed by atoms with van der Waals surface area (Å²) in [6.07, 6.45) is 0.919. The van der Waals surface area contributed by atoms with E-state index < -0.39 is 0 Å². The molecule has 1 aromatic rings. The minimum atomic E-state index is 0.108. The van der Waals surface area contributed by atoms with Gasteiger partial charge < -0.3 is 9.47 Å². The van der Waals surface area contributed by atoms with Gasteiger partial charge in [0.15, 0.2) is 11.5 Å². The number of benzene rings is 1. The van der Waals surface area contributed by atoms with E-state index in [2.05, 4.69) is 32.3 Å². The molecule has 1 heterocycles. The smallest absolute Gasteiger partial charge is 0.161 e. The molecule has 1 aliphatic heterocycles. The first kappa shape index (κ1) is 15.5. The summed E-state index contributed by atoms with van der Waals surface area (Å²) in [7, 11) is 0. The lowest BCUT2D eigenvalue weighted by atomic mass is 10.1. The molecule has 3 N–H and O–H groups in total. The summed E-state index contributed by atoms with van der Waals surface area (Å²) >= 11 is 1.89. The Morgan fingerprint density at radius 1 is 1.25 bits per heavy atom. The zero-order valence-electron chi connectivity index (χ0n) is 12.4. The SMILES string of the molecule is CC(C)(C)SCC(NN)c1ccc2c(c1)OCCCO2. The van der Waals surface area contributed by atoms with Crippen molar-refractivity contribution in [3.8, 4) is 11.5 Å². The van der Waals surface area contributed by atoms with Crippen molar-refractivity contribution < 1.29 is 9.47 Å². The second-order valence-electron chi connectivity index (χ2n) is 5.90. The van der Waals surface area contributed by atoms with Gasteiger partial charge in [0.2, 0.25) is 0 Å². The average molecular weight is 296 g/mol. The fourth-order valence-electron chi connectivity index (χ4n) is 1.97. The summed E-state index contributed by atoms with van der Waals surface area (Å²) in [5.74, 6) is 8.27. The van der Waals surface area contributed by atoms with Gasteiger partial charge in [0.1, 0.15) is 0 Å². The monoisotopic (exact) mass is 296 g/mol. The molecule has 0 amide bonds. The highest BCUT2D eigenvalue weighted by atomic mass is 32.2. The molecule has 0 radical (unpaired) electrons. The number of rotatable bonds is 4. The maximum absolute atomic E-state index is 5.73. The van der Waals surface area contributed by atoms with Gasteiger partial charge in [-0.3, -0.25) is 11.3 Å². The summed E-state index contributed by atoms with van der Waals surface area (Å²) in [6.45, 7) is 8.04. The predicted molar refractivity (Wildman–Crippen MR) is 84.3 cm³/mol. The molecular formula is C15H24N2O2S. The summed E-state index contributed by atoms with van der Waals surface area (Å²) in [5.41, 5.74) is 4.03. The van der Waals surface area contributed by atoms with Crippen LogP contribution in [0, 0.1) is 0 Å². The van der Waals surface area contributed by atoms with E-state index in [0.29, 0.717) is 13.2 Å². The lowest BCUT2D eigenvalue weighted by Gasteiger charge is -2.23. The van der Waals surface area contributed by atoms with E-state index in [1.807, 2.05) is 23.9 Å². The highest BCUT2D eigenvalue weighted by Gasteiger charge is 2.18. The molecule has 1 aromatic carbocycles. The van der Waals surface area contributed by atoms with Crippen LogP contribution in [0.15, 0.2) is 18.2 Å². The van der Waals surface area contributed by atoms with Crippen LogP contribution in [0.1, 0.15) is 38.8 Å². The van der Waals surface area contributed by atoms with Crippen LogP contribution >= 0.6 is 11.8 Å². The molecule has 0 fully saturated rings. The molecule has 0 bridgehead atoms. The van der Waals surface area contributed by atoms with E-state index in [1.165, 1.54) is 0 Å². The quantitative estimate of drug-likeness (QED) is 0.661. The Kier molecular flexibility index (Phi) is 5.18. The van der Waals surface area contributed by atoms with Crippen molar-refractivity contribution >= 4 is 11.8 Å². The third kappa shape index (κ3) is 4.30. The topological polar surface area (TPSA) is 56.5 Å². The van der Waals surface area contributed by atoms with Crippen molar-refractivity contribution in [2.45, 2.75) is 38.0 Å². The lowest BCUT2D eigenvalue weighted by molar-refractivity contribution is 0.297. The fraction of sp³-hybridized carbons (Fsp3) is 0.600. The number of nitrogens with one attached hydrogen (secondary N) is 1. The van der Waals surface area contributed by atoms with Crippen LogP contribution in [-0.2, 0) is 0 Å². The number of nitrogens with two attached hydrogens (primary N) is 1. The first-order valence-corrected chi connectivity index (χ1v) is 7.98. The Labute approximate surface area is 125 Å². The molecule has 1 atom stereocenters. The summed E-state index contributed by atoms with van der Waals surface area (Å²) in [4.78, 5) is 0.